The highest BCUT2D eigenvalue weighted by atomic mass is 15.2. The van der Waals surface area contributed by atoms with Crippen molar-refractivity contribution < 1.29 is 0 Å². The smallest absolute Gasteiger partial charge is 0.0480 e. The summed E-state index contributed by atoms with van der Waals surface area (Å²) in [6.45, 7) is 3.29. The van der Waals surface area contributed by atoms with Crippen LogP contribution in [0.5, 0.6) is 0 Å². The molecule has 21 heavy (non-hydrogen) atoms. The lowest BCUT2D eigenvalue weighted by Crippen LogP contribution is -2.46. The normalized spacial score (nSPS) is 26.8. The van der Waals surface area contributed by atoms with Crippen molar-refractivity contribution in [2.75, 3.05) is 13.6 Å². The molecule has 0 saturated heterocycles. The average molecular weight is 286 g/mol. The van der Waals surface area contributed by atoms with Gasteiger partial charge in [-0.25, -0.2) is 0 Å². The van der Waals surface area contributed by atoms with Gasteiger partial charge in [-0.15, -0.1) is 0 Å². The molecule has 0 aliphatic heterocycles. The maximum Gasteiger partial charge on any atom is 0.0480 e. The monoisotopic (exact) mass is 286 g/mol. The predicted molar refractivity (Wildman–Crippen MR) is 89.6 cm³/mol. The highest BCUT2D eigenvalue weighted by molar-refractivity contribution is 5.32. The van der Waals surface area contributed by atoms with Gasteiger partial charge in [0.1, 0.15) is 0 Å². The highest BCUT2D eigenvalue weighted by Crippen LogP contribution is 2.34. The Hall–Kier alpha value is -0.860. The molecule has 3 rings (SSSR count). The Morgan fingerprint density at radius 1 is 1.10 bits per heavy atom. The number of nitrogens with zero attached hydrogens (tertiary/aromatic N) is 1. The molecular formula is C19H30N2. The van der Waals surface area contributed by atoms with Crippen molar-refractivity contribution in [2.24, 2.45) is 0 Å². The maximum absolute atomic E-state index is 3.79. The van der Waals surface area contributed by atoms with Gasteiger partial charge >= 0.3 is 0 Å². The number of benzene rings is 1. The molecule has 0 amide bonds. The van der Waals surface area contributed by atoms with Gasteiger partial charge < -0.3 is 5.32 Å². The van der Waals surface area contributed by atoms with Gasteiger partial charge in [-0.1, -0.05) is 44.0 Å². The zero-order valence-electron chi connectivity index (χ0n) is 13.6. The number of likely N-dealkylation sites (N-methyl/N-ethyl adjacent to an activating group) is 2. The second-order valence-electron chi connectivity index (χ2n) is 6.80. The van der Waals surface area contributed by atoms with Gasteiger partial charge in [0.05, 0.1) is 0 Å². The van der Waals surface area contributed by atoms with E-state index >= 15 is 0 Å². The number of hydrogen-bond donors (Lipinski definition) is 1. The second-order valence-corrected chi connectivity index (χ2v) is 6.80. The van der Waals surface area contributed by atoms with Gasteiger partial charge in [-0.2, -0.15) is 0 Å². The van der Waals surface area contributed by atoms with Crippen LogP contribution in [0.3, 0.4) is 0 Å². The Kier molecular flexibility index (Phi) is 4.97. The summed E-state index contributed by atoms with van der Waals surface area (Å²) in [4.78, 5) is 2.71. The summed E-state index contributed by atoms with van der Waals surface area (Å²) in [6.07, 6.45) is 9.52. The van der Waals surface area contributed by atoms with E-state index in [1.165, 1.54) is 44.9 Å². The van der Waals surface area contributed by atoms with E-state index in [0.717, 1.165) is 12.6 Å². The van der Waals surface area contributed by atoms with E-state index in [1.807, 2.05) is 0 Å². The van der Waals surface area contributed by atoms with Crippen LogP contribution in [-0.2, 0) is 6.42 Å². The van der Waals surface area contributed by atoms with Crippen LogP contribution in [0, 0.1) is 0 Å². The third kappa shape index (κ3) is 3.17. The van der Waals surface area contributed by atoms with E-state index in [4.69, 9.17) is 0 Å². The van der Waals surface area contributed by atoms with Crippen LogP contribution in [0.4, 0.5) is 0 Å². The summed E-state index contributed by atoms with van der Waals surface area (Å²) >= 11 is 0. The Bertz CT molecular complexity index is 451. The molecule has 1 fully saturated rings. The van der Waals surface area contributed by atoms with Crippen molar-refractivity contribution in [3.05, 3.63) is 35.4 Å². The fourth-order valence-electron chi connectivity index (χ4n) is 4.43. The van der Waals surface area contributed by atoms with Gasteiger partial charge in [-0.3, -0.25) is 4.90 Å². The molecule has 1 N–H and O–H groups in total. The van der Waals surface area contributed by atoms with Crippen LogP contribution >= 0.6 is 0 Å². The summed E-state index contributed by atoms with van der Waals surface area (Å²) < 4.78 is 0. The first-order chi connectivity index (χ1) is 10.3. The molecule has 0 radical (unpaired) electrons. The zero-order chi connectivity index (χ0) is 14.7. The van der Waals surface area contributed by atoms with E-state index in [2.05, 4.69) is 48.5 Å². The molecule has 2 heteroatoms. The van der Waals surface area contributed by atoms with Crippen molar-refractivity contribution >= 4 is 0 Å². The summed E-state index contributed by atoms with van der Waals surface area (Å²) in [5, 5.41) is 3.79. The summed E-state index contributed by atoms with van der Waals surface area (Å²) in [5.41, 5.74) is 3.11. The topological polar surface area (TPSA) is 15.3 Å². The van der Waals surface area contributed by atoms with Gasteiger partial charge in [0.25, 0.3) is 0 Å². The van der Waals surface area contributed by atoms with Crippen molar-refractivity contribution in [3.8, 4) is 0 Å². The van der Waals surface area contributed by atoms with E-state index in [-0.39, 0.29) is 0 Å². The second kappa shape index (κ2) is 6.93. The van der Waals surface area contributed by atoms with E-state index in [0.29, 0.717) is 12.1 Å². The van der Waals surface area contributed by atoms with Crippen LogP contribution < -0.4 is 5.32 Å². The van der Waals surface area contributed by atoms with E-state index in [1.54, 1.807) is 11.1 Å². The first-order valence-electron chi connectivity index (χ1n) is 8.84. The average Bonchev–Trinajstić information content (AvgIpc) is 2.98. The van der Waals surface area contributed by atoms with Crippen LogP contribution in [0.15, 0.2) is 24.3 Å². The predicted octanol–water partition coefficient (Wildman–Crippen LogP) is 3.92. The number of nitrogens with one attached hydrogen (secondary N) is 1. The Morgan fingerprint density at radius 2 is 1.86 bits per heavy atom. The van der Waals surface area contributed by atoms with Crippen molar-refractivity contribution in [1.29, 1.82) is 0 Å². The molecule has 2 atom stereocenters. The molecule has 0 heterocycles. The number of aryl methyl sites for hydroxylation is 1. The lowest BCUT2D eigenvalue weighted by Gasteiger charge is -2.38. The largest absolute Gasteiger partial charge is 0.309 e. The molecule has 1 aromatic carbocycles. The standard InChI is InChI=1S/C19H30N2/c1-3-20-19-17-13-7-4-9-15(17)10-8-14-18(19)21(2)16-11-5-6-12-16/h4,7,9,13,16,18-20H,3,5-6,8,10-12,14H2,1-2H3. The minimum absolute atomic E-state index is 0.499. The molecule has 0 aromatic heterocycles. The van der Waals surface area contributed by atoms with Gasteiger partial charge in [0.2, 0.25) is 0 Å². The van der Waals surface area contributed by atoms with Gasteiger partial charge in [0, 0.05) is 18.1 Å². The quantitative estimate of drug-likeness (QED) is 0.844. The first-order valence-corrected chi connectivity index (χ1v) is 8.84. The fourth-order valence-corrected chi connectivity index (χ4v) is 4.43. The molecule has 1 saturated carbocycles. The van der Waals surface area contributed by atoms with Gasteiger partial charge in [0.15, 0.2) is 0 Å². The highest BCUT2D eigenvalue weighted by Gasteiger charge is 2.33. The molecule has 2 aliphatic carbocycles. The summed E-state index contributed by atoms with van der Waals surface area (Å²) in [7, 11) is 2.37. The molecule has 2 aliphatic rings. The van der Waals surface area contributed by atoms with Crippen LogP contribution in [0.1, 0.15) is 62.6 Å². The molecule has 2 nitrogen and oxygen atoms in total. The summed E-state index contributed by atoms with van der Waals surface area (Å²) in [6, 6.07) is 11.0. The molecule has 116 valence electrons. The van der Waals surface area contributed by atoms with Crippen LogP contribution in [0.25, 0.3) is 0 Å². The maximum atomic E-state index is 3.79. The molecule has 0 bridgehead atoms. The lowest BCUT2D eigenvalue weighted by atomic mass is 9.94. The van der Waals surface area contributed by atoms with Crippen molar-refractivity contribution in [1.82, 2.24) is 10.2 Å². The number of fused-ring (bicyclic) bond motifs is 1. The van der Waals surface area contributed by atoms with Crippen molar-refractivity contribution in [3.63, 3.8) is 0 Å². The number of hydrogen-bond acceptors (Lipinski definition) is 2. The molecule has 1 aromatic rings. The van der Waals surface area contributed by atoms with Crippen LogP contribution in [-0.4, -0.2) is 30.6 Å². The SMILES string of the molecule is CCNC1c2ccccc2CCCC1N(C)C1CCCC1. The Balaban J connectivity index is 1.87. The lowest BCUT2D eigenvalue weighted by molar-refractivity contribution is 0.132. The van der Waals surface area contributed by atoms with E-state index in [9.17, 15) is 0 Å². The molecule has 2 unspecified atom stereocenters. The molecule has 0 spiro atoms. The van der Waals surface area contributed by atoms with Crippen molar-refractivity contribution in [2.45, 2.75) is 70.0 Å². The summed E-state index contributed by atoms with van der Waals surface area (Å²) in [5.74, 6) is 0. The molecular weight excluding hydrogens is 256 g/mol. The minimum atomic E-state index is 0.499. The third-order valence-electron chi connectivity index (χ3n) is 5.57. The van der Waals surface area contributed by atoms with Gasteiger partial charge in [-0.05, 0) is 56.8 Å². The third-order valence-corrected chi connectivity index (χ3v) is 5.57. The van der Waals surface area contributed by atoms with Crippen LogP contribution in [0.2, 0.25) is 0 Å². The Morgan fingerprint density at radius 3 is 2.62 bits per heavy atom. The minimum Gasteiger partial charge on any atom is -0.309 e. The first kappa shape index (κ1) is 15.1. The Labute approximate surface area is 129 Å². The fraction of sp³-hybridized carbons (Fsp3) is 0.684. The zero-order valence-corrected chi connectivity index (χ0v) is 13.6. The number of rotatable bonds is 4. The van der Waals surface area contributed by atoms with E-state index < -0.39 is 0 Å².